The zero-order valence-electron chi connectivity index (χ0n) is 15.4. The number of ether oxygens (including phenoxy) is 3. The van der Waals surface area contributed by atoms with Crippen molar-refractivity contribution in [2.45, 2.75) is 39.4 Å². The van der Waals surface area contributed by atoms with Crippen LogP contribution in [0.4, 0.5) is 0 Å². The highest BCUT2D eigenvalue weighted by Crippen LogP contribution is 2.33. The zero-order chi connectivity index (χ0) is 18.8. The van der Waals surface area contributed by atoms with Crippen molar-refractivity contribution < 1.29 is 23.8 Å². The molecular formula is C20H23NO5. The van der Waals surface area contributed by atoms with E-state index in [9.17, 15) is 9.59 Å². The maximum atomic E-state index is 12.7. The molecule has 0 bridgehead atoms. The third kappa shape index (κ3) is 3.86. The minimum absolute atomic E-state index is 0.0205. The fourth-order valence-corrected chi connectivity index (χ4v) is 2.71. The maximum absolute atomic E-state index is 12.7. The molecule has 1 amide bonds. The molecule has 1 aromatic carbocycles. The van der Waals surface area contributed by atoms with Crippen molar-refractivity contribution in [1.82, 2.24) is 5.32 Å². The lowest BCUT2D eigenvalue weighted by Crippen LogP contribution is -2.17. The minimum Gasteiger partial charge on any atom is -0.421 e. The van der Waals surface area contributed by atoms with E-state index in [0.29, 0.717) is 24.3 Å². The van der Waals surface area contributed by atoms with Gasteiger partial charge in [-0.1, -0.05) is 29.8 Å². The summed E-state index contributed by atoms with van der Waals surface area (Å²) in [4.78, 5) is 24.8. The Bertz CT molecular complexity index is 804. The van der Waals surface area contributed by atoms with Gasteiger partial charge in [0.15, 0.2) is 11.9 Å². The second kappa shape index (κ2) is 7.43. The molecule has 1 aromatic rings. The van der Waals surface area contributed by atoms with Gasteiger partial charge in [-0.3, -0.25) is 4.79 Å². The number of benzene rings is 1. The van der Waals surface area contributed by atoms with E-state index in [2.05, 4.69) is 5.32 Å². The molecule has 138 valence electrons. The normalized spacial score (nSPS) is 21.8. The summed E-state index contributed by atoms with van der Waals surface area (Å²) >= 11 is 0. The fourth-order valence-electron chi connectivity index (χ4n) is 2.71. The van der Waals surface area contributed by atoms with Crippen molar-refractivity contribution in [2.24, 2.45) is 0 Å². The van der Waals surface area contributed by atoms with Gasteiger partial charge in [-0.25, -0.2) is 4.79 Å². The van der Waals surface area contributed by atoms with Crippen LogP contribution in [0.3, 0.4) is 0 Å². The van der Waals surface area contributed by atoms with Crippen LogP contribution in [0.5, 0.6) is 0 Å². The number of amides is 1. The smallest absolute Gasteiger partial charge is 0.343 e. The van der Waals surface area contributed by atoms with Gasteiger partial charge in [0.2, 0.25) is 0 Å². The molecule has 6 heteroatoms. The van der Waals surface area contributed by atoms with Crippen LogP contribution in [0.2, 0.25) is 0 Å². The van der Waals surface area contributed by atoms with E-state index in [1.807, 2.05) is 45.0 Å². The molecule has 1 saturated heterocycles. The summed E-state index contributed by atoms with van der Waals surface area (Å²) < 4.78 is 15.8. The fraction of sp³-hybridized carbons (Fsp3) is 0.400. The molecule has 2 atom stereocenters. The van der Waals surface area contributed by atoms with Crippen molar-refractivity contribution in [2.75, 3.05) is 13.7 Å². The van der Waals surface area contributed by atoms with E-state index < -0.39 is 12.1 Å². The Morgan fingerprint density at radius 1 is 1.42 bits per heavy atom. The number of epoxide rings is 1. The standard InChI is InChI=1S/C20H23NO5/c1-11-5-6-12(2)14(9-11)17-18(26-20(23)16-10-25-16)15(21-19(17)22)8-7-13(3)24-4/h5-6,8-9,13,16H,7,10H2,1-4H3,(H,21,22)/b15-8-/t13-,16?/m0/s1. The Labute approximate surface area is 152 Å². The molecule has 1 unspecified atom stereocenters. The van der Waals surface area contributed by atoms with Gasteiger partial charge in [-0.15, -0.1) is 0 Å². The van der Waals surface area contributed by atoms with Crippen LogP contribution in [0, 0.1) is 13.8 Å². The third-order valence-electron chi connectivity index (χ3n) is 4.46. The number of rotatable bonds is 6. The van der Waals surface area contributed by atoms with Gasteiger partial charge in [0.05, 0.1) is 24.0 Å². The monoisotopic (exact) mass is 357 g/mol. The average molecular weight is 357 g/mol. The molecule has 1 fully saturated rings. The molecule has 0 spiro atoms. The first-order chi connectivity index (χ1) is 12.4. The lowest BCUT2D eigenvalue weighted by molar-refractivity contribution is -0.140. The Morgan fingerprint density at radius 2 is 2.15 bits per heavy atom. The number of hydrogen-bond donors (Lipinski definition) is 1. The van der Waals surface area contributed by atoms with E-state index in [1.54, 1.807) is 7.11 Å². The summed E-state index contributed by atoms with van der Waals surface area (Å²) in [6, 6.07) is 5.85. The molecule has 26 heavy (non-hydrogen) atoms. The van der Waals surface area contributed by atoms with Crippen LogP contribution in [0.15, 0.2) is 35.7 Å². The highest BCUT2D eigenvalue weighted by atomic mass is 16.6. The third-order valence-corrected chi connectivity index (χ3v) is 4.46. The Kier molecular flexibility index (Phi) is 5.25. The van der Waals surface area contributed by atoms with Crippen LogP contribution in [0.25, 0.3) is 5.57 Å². The molecule has 1 N–H and O–H groups in total. The molecule has 0 aromatic heterocycles. The van der Waals surface area contributed by atoms with Crippen LogP contribution >= 0.6 is 0 Å². The predicted molar refractivity (Wildman–Crippen MR) is 96.0 cm³/mol. The quantitative estimate of drug-likeness (QED) is 0.625. The van der Waals surface area contributed by atoms with Crippen molar-refractivity contribution in [3.05, 3.63) is 52.4 Å². The van der Waals surface area contributed by atoms with Crippen LogP contribution in [-0.4, -0.2) is 37.8 Å². The van der Waals surface area contributed by atoms with Gasteiger partial charge in [-0.2, -0.15) is 0 Å². The van der Waals surface area contributed by atoms with E-state index in [4.69, 9.17) is 14.2 Å². The molecule has 2 aliphatic heterocycles. The number of methoxy groups -OCH3 is 1. The number of nitrogens with one attached hydrogen (secondary N) is 1. The van der Waals surface area contributed by atoms with Gasteiger partial charge in [0, 0.05) is 7.11 Å². The number of hydrogen-bond acceptors (Lipinski definition) is 5. The molecule has 3 rings (SSSR count). The van der Waals surface area contributed by atoms with Crippen molar-refractivity contribution in [1.29, 1.82) is 0 Å². The summed E-state index contributed by atoms with van der Waals surface area (Å²) in [5.74, 6) is -0.507. The molecule has 2 heterocycles. The van der Waals surface area contributed by atoms with Crippen LogP contribution < -0.4 is 5.32 Å². The number of carbonyl (C=O) groups excluding carboxylic acids is 2. The van der Waals surface area contributed by atoms with Gasteiger partial charge in [0.1, 0.15) is 0 Å². The lowest BCUT2D eigenvalue weighted by atomic mass is 9.97. The van der Waals surface area contributed by atoms with Crippen molar-refractivity contribution in [3.63, 3.8) is 0 Å². The van der Waals surface area contributed by atoms with Gasteiger partial charge < -0.3 is 19.5 Å². The van der Waals surface area contributed by atoms with Gasteiger partial charge >= 0.3 is 5.97 Å². The first-order valence-electron chi connectivity index (χ1n) is 8.60. The molecule has 0 saturated carbocycles. The largest absolute Gasteiger partial charge is 0.421 e. The Balaban J connectivity index is 2.04. The lowest BCUT2D eigenvalue weighted by Gasteiger charge is -2.11. The number of carbonyl (C=O) groups is 2. The number of aryl methyl sites for hydroxylation is 2. The summed E-state index contributed by atoms with van der Waals surface area (Å²) in [5, 5.41) is 2.82. The molecule has 6 nitrogen and oxygen atoms in total. The molecule has 0 aliphatic carbocycles. The average Bonchev–Trinajstić information content (AvgIpc) is 3.41. The Morgan fingerprint density at radius 3 is 2.81 bits per heavy atom. The van der Waals surface area contributed by atoms with Gasteiger partial charge in [-0.05, 0) is 38.3 Å². The predicted octanol–water partition coefficient (Wildman–Crippen LogP) is 2.40. The summed E-state index contributed by atoms with van der Waals surface area (Å²) in [7, 11) is 1.62. The summed E-state index contributed by atoms with van der Waals surface area (Å²) in [6.07, 6.45) is 1.83. The number of esters is 1. The van der Waals surface area contributed by atoms with E-state index in [0.717, 1.165) is 16.7 Å². The first kappa shape index (κ1) is 18.4. The van der Waals surface area contributed by atoms with Crippen LogP contribution in [0.1, 0.15) is 30.0 Å². The molecule has 0 radical (unpaired) electrons. The van der Waals surface area contributed by atoms with Crippen molar-refractivity contribution in [3.8, 4) is 0 Å². The second-order valence-electron chi connectivity index (χ2n) is 6.62. The highest BCUT2D eigenvalue weighted by Gasteiger charge is 2.38. The van der Waals surface area contributed by atoms with E-state index in [-0.39, 0.29) is 17.8 Å². The zero-order valence-corrected chi connectivity index (χ0v) is 15.4. The molecule has 2 aliphatic rings. The second-order valence-corrected chi connectivity index (χ2v) is 6.62. The van der Waals surface area contributed by atoms with Crippen LogP contribution in [-0.2, 0) is 23.8 Å². The van der Waals surface area contributed by atoms with E-state index in [1.165, 1.54) is 0 Å². The Hall–Kier alpha value is -2.44. The highest BCUT2D eigenvalue weighted by molar-refractivity contribution is 6.25. The van der Waals surface area contributed by atoms with E-state index >= 15 is 0 Å². The minimum atomic E-state index is -0.544. The summed E-state index contributed by atoms with van der Waals surface area (Å²) in [5.41, 5.74) is 3.57. The molecular weight excluding hydrogens is 334 g/mol. The maximum Gasteiger partial charge on any atom is 0.343 e. The van der Waals surface area contributed by atoms with Gasteiger partial charge in [0.25, 0.3) is 5.91 Å². The summed E-state index contributed by atoms with van der Waals surface area (Å²) in [6.45, 7) is 6.16. The first-order valence-corrected chi connectivity index (χ1v) is 8.60. The topological polar surface area (TPSA) is 77.2 Å². The SMILES string of the molecule is CO[C@@H](C)C/C=C1\NC(=O)C(c2cc(C)ccc2C)=C1OC(=O)C1CO1. The van der Waals surface area contributed by atoms with Crippen molar-refractivity contribution >= 4 is 17.4 Å².